The topological polar surface area (TPSA) is 316 Å². The van der Waals surface area contributed by atoms with Crippen LogP contribution in [-0.4, -0.2) is 180 Å². The summed E-state index contributed by atoms with van der Waals surface area (Å²) in [5.74, 6) is -3.73. The van der Waals surface area contributed by atoms with Crippen LogP contribution in [0.3, 0.4) is 0 Å². The summed E-state index contributed by atoms with van der Waals surface area (Å²) in [6.45, 7) is 16.0. The van der Waals surface area contributed by atoms with Crippen LogP contribution in [0.2, 0.25) is 0 Å². The zero-order valence-corrected chi connectivity index (χ0v) is 81.1. The van der Waals surface area contributed by atoms with Crippen molar-refractivity contribution in [1.82, 2.24) is 9.80 Å². The molecule has 0 unspecified atom stereocenters. The number of phenolic OH excluding ortho intramolecular Hbond substituents is 1. The number of Topliss-reactive ketones (excluding diaryl/α,β-unsaturated/α-hetero) is 2. The summed E-state index contributed by atoms with van der Waals surface area (Å²) in [7, 11) is -3.56. The highest BCUT2D eigenvalue weighted by molar-refractivity contribution is 9.10. The Bertz CT molecular complexity index is 5060. The van der Waals surface area contributed by atoms with Crippen molar-refractivity contribution in [2.45, 2.75) is 281 Å². The Morgan fingerprint density at radius 2 is 0.645 bits per heavy atom. The van der Waals surface area contributed by atoms with E-state index in [9.17, 15) is 73.6 Å². The molecule has 8 aromatic rings. The maximum absolute atomic E-state index is 14.0. The lowest BCUT2D eigenvalue weighted by molar-refractivity contribution is 0.0766. The number of aliphatic hydroxyl groups is 6. The number of hydrogen-bond acceptors (Lipinski definition) is 22. The fourth-order valence-corrected chi connectivity index (χ4v) is 14.8. The number of carbonyl (C=O) groups excluding carboxylic acids is 2. The third kappa shape index (κ3) is 43.0. The molecule has 0 spiro atoms. The molecule has 17 rings (SSSR count). The molecule has 7 aliphatic carbocycles. The highest BCUT2D eigenvalue weighted by Crippen LogP contribution is 2.39. The molecule has 0 radical (unpaired) electrons. The number of ether oxygens (including phenoxy) is 7. The average molecular weight is 2140 g/mol. The number of hydrogen-bond donors (Lipinski definition) is 8. The van der Waals surface area contributed by atoms with Crippen LogP contribution in [-0.2, 0) is 14.3 Å². The number of aromatic hydroxyl groups is 1. The van der Waals surface area contributed by atoms with Crippen LogP contribution in [0.25, 0.3) is 0 Å². The van der Waals surface area contributed by atoms with Crippen molar-refractivity contribution in [2.24, 2.45) is 35.3 Å². The summed E-state index contributed by atoms with van der Waals surface area (Å²) in [5, 5.41) is 67.1. The van der Waals surface area contributed by atoms with Crippen molar-refractivity contribution in [3.63, 3.8) is 0 Å². The van der Waals surface area contributed by atoms with Crippen LogP contribution in [0.5, 0.6) is 46.0 Å². The normalized spacial score (nSPS) is 17.6. The van der Waals surface area contributed by atoms with E-state index in [0.717, 1.165) is 140 Å². The van der Waals surface area contributed by atoms with Crippen molar-refractivity contribution >= 4 is 53.5 Å². The predicted octanol–water partition coefficient (Wildman–Crippen LogP) is 24.0. The average Bonchev–Trinajstić information content (AvgIpc) is 1.61. The first-order valence-corrected chi connectivity index (χ1v) is 49.8. The van der Waals surface area contributed by atoms with Crippen molar-refractivity contribution in [1.29, 1.82) is 0 Å². The summed E-state index contributed by atoms with van der Waals surface area (Å²) in [6.07, 6.45) is 18.2. The van der Waals surface area contributed by atoms with Gasteiger partial charge in [-0.3, -0.25) is 13.8 Å². The number of nitrogens with two attached hydrogens (primary N) is 1. The number of nitrogens with zero attached hydrogens (tertiary/aromatic N) is 2. The van der Waals surface area contributed by atoms with Crippen LogP contribution in [0, 0.1) is 76.1 Å². The van der Waals surface area contributed by atoms with Crippen LogP contribution >= 0.6 is 31.9 Å². The fourth-order valence-electron chi connectivity index (χ4n) is 13.6. The lowest BCUT2D eigenvalue weighted by Gasteiger charge is -2.24. The standard InChI is InChI=1S/C17H24FNO2.C16H23FN2O2.C14H19FO5S.C14H17FO2.C13H17FO3.C13H15FO3.C9H8BrFO.C6H4BrFO.6CH4/c1-12(11-19-8-2-3-9-19)17(20)13-4-7-16(15(18)10-13)21-14-5-6-14;17-13-9-11(3-6-15(13)21-12-4-5-12)16(20)14(18)10-19-7-1-2-8-19;1-9(8-19-21(2,17)18)14(16)10-3-6-13(12(15)7-10)20-11-4-5-11;1-3-9(2)14(16)10-4-7-13(12(15)8-10)17-11-5-6-11;2*1-8(7-15)13(16)9-2-5-12(11(14)6-9)17-10-3-4-10;10-6-1-4-9(8(11)5-6)12-7-2-3-7;7-4-1-2-6(9)5(8)3-4;;;;;;/h4,7,10,12,14,17,20H,2-3,5-6,8-9,11H2,1H3;3,6,9,12,14,16,20H,1-2,4-5,7-8,10,18H2;3,6-7,9,11,14,16H,4-5,8H2,1-2H3;4,7-9,11H,3,5-6H2,1-2H3;2,5-6,8,10,13,15-16H,3-4,7H2,1H3;2,5-6,8,10,15H,3-4,7H2,1H3;1,4-5,7H,2-3H2;1-3,9H;6*1H4/t12-,17+;14-,16-;9-,14+;9-;8-,13+;8-;;;;;;;;/m111111......../s1. The van der Waals surface area contributed by atoms with E-state index in [1.165, 1.54) is 105 Å². The van der Waals surface area contributed by atoms with Crippen molar-refractivity contribution in [3.05, 3.63) is 234 Å². The molecule has 2 heterocycles. The van der Waals surface area contributed by atoms with Crippen LogP contribution in [0.15, 0.2) is 155 Å². The Labute approximate surface area is 846 Å². The minimum absolute atomic E-state index is 0. The number of carbonyl (C=O) groups is 2. The highest BCUT2D eigenvalue weighted by atomic mass is 79.9. The molecular formula is C108H151Br2F8N3O19S. The fraction of sp³-hybridized carbons (Fsp3) is 0.537. The Morgan fingerprint density at radius 3 is 0.922 bits per heavy atom. The summed E-state index contributed by atoms with van der Waals surface area (Å²) in [5.41, 5.74) is 8.75. The molecule has 9 aliphatic rings. The van der Waals surface area contributed by atoms with Gasteiger partial charge in [-0.15, -0.1) is 0 Å². The van der Waals surface area contributed by atoms with Crippen LogP contribution < -0.4 is 38.9 Å². The summed E-state index contributed by atoms with van der Waals surface area (Å²) in [4.78, 5) is 28.2. The summed E-state index contributed by atoms with van der Waals surface area (Å²) >= 11 is 6.23. The molecule has 8 aromatic carbocycles. The van der Waals surface area contributed by atoms with Gasteiger partial charge in [0.15, 0.2) is 104 Å². The molecule has 788 valence electrons. The second-order valence-corrected chi connectivity index (χ2v) is 39.6. The molecule has 141 heavy (non-hydrogen) atoms. The van der Waals surface area contributed by atoms with Gasteiger partial charge in [-0.05, 0) is 298 Å². The molecule has 2 saturated heterocycles. The van der Waals surface area contributed by atoms with Crippen LogP contribution in [0.4, 0.5) is 35.1 Å². The Kier molecular flexibility index (Phi) is 53.4. The van der Waals surface area contributed by atoms with Gasteiger partial charge in [0.25, 0.3) is 10.1 Å². The highest BCUT2D eigenvalue weighted by Gasteiger charge is 2.34. The smallest absolute Gasteiger partial charge is 0.264 e. The molecule has 0 aromatic heterocycles. The largest absolute Gasteiger partial charge is 0.505 e. The zero-order valence-electron chi connectivity index (χ0n) is 77.2. The first-order valence-electron chi connectivity index (χ1n) is 46.4. The maximum Gasteiger partial charge on any atom is 0.264 e. The number of phenols is 1. The van der Waals surface area contributed by atoms with Gasteiger partial charge in [0.1, 0.15) is 0 Å². The van der Waals surface area contributed by atoms with E-state index in [1.54, 1.807) is 87.5 Å². The Morgan fingerprint density at radius 1 is 0.376 bits per heavy atom. The van der Waals surface area contributed by atoms with E-state index in [1.807, 2.05) is 20.8 Å². The zero-order chi connectivity index (χ0) is 97.9. The quantitative estimate of drug-likeness (QED) is 0.0103. The minimum Gasteiger partial charge on any atom is -0.505 e. The van der Waals surface area contributed by atoms with E-state index in [2.05, 4.69) is 45.8 Å². The SMILES string of the molecule is C.C.C.C.C.C.CC[C@@H](C)C(=O)c1ccc(OC2CC2)c(F)c1.C[C@H](CN1CCCC1)[C@H](O)c1ccc(OC2CC2)c(F)c1.C[C@H](CO)C(=O)c1ccc(OC2CC2)c(F)c1.C[C@H](CO)[C@H](O)c1ccc(OC2CC2)c(F)c1.C[C@H](COS(C)(=O)=O)[C@H](O)c1ccc(OC2CC2)c(F)c1.Fc1cc(Br)ccc1OC1CC1.N[C@H](CN1CCCC1)[C@H](O)c1ccc(OC2CC2)c(F)c1.Oc1ccc(Br)cc1F. The number of likely N-dealkylation sites (tertiary alicyclic amines) is 2. The third-order valence-corrected chi connectivity index (χ3v) is 24.8. The van der Waals surface area contributed by atoms with Crippen LogP contribution in [0.1, 0.15) is 275 Å². The van der Waals surface area contributed by atoms with Crippen molar-refractivity contribution < 1.29 is 126 Å². The first-order chi connectivity index (χ1) is 64.3. The second kappa shape index (κ2) is 60.4. The van der Waals surface area contributed by atoms with Gasteiger partial charge in [0.05, 0.1) is 86.6 Å². The van der Waals surface area contributed by atoms with Crippen molar-refractivity contribution in [2.75, 3.05) is 65.3 Å². The van der Waals surface area contributed by atoms with Gasteiger partial charge in [-0.25, -0.2) is 35.1 Å². The van der Waals surface area contributed by atoms with E-state index in [0.29, 0.717) is 50.3 Å². The monoisotopic (exact) mass is 2140 g/mol. The van der Waals surface area contributed by atoms with Gasteiger partial charge >= 0.3 is 0 Å². The molecule has 0 bridgehead atoms. The maximum atomic E-state index is 14.0. The number of halogens is 10. The first kappa shape index (κ1) is 125. The van der Waals surface area contributed by atoms with Crippen molar-refractivity contribution in [3.8, 4) is 46.0 Å². The second-order valence-electron chi connectivity index (χ2n) is 36.1. The molecule has 10 atom stereocenters. The lowest BCUT2D eigenvalue weighted by atomic mass is 9.96. The minimum atomic E-state index is -3.56. The molecule has 0 amide bonds. The molecule has 9 N–H and O–H groups in total. The van der Waals surface area contributed by atoms with E-state index in [-0.39, 0.29) is 188 Å². The molecule has 2 aliphatic heterocycles. The number of rotatable bonds is 36. The van der Waals surface area contributed by atoms with Gasteiger partial charge < -0.3 is 84.4 Å². The predicted molar refractivity (Wildman–Crippen MR) is 543 cm³/mol. The third-order valence-electron chi connectivity index (χ3n) is 23.2. The van der Waals surface area contributed by atoms with Gasteiger partial charge in [0.2, 0.25) is 0 Å². The Balaban J connectivity index is 0.000000337. The molecule has 7 saturated carbocycles. The number of ketones is 2. The van der Waals surface area contributed by atoms with Gasteiger partial charge in [-0.2, -0.15) is 8.42 Å². The molecular weight excluding hydrogens is 1990 g/mol. The molecule has 33 heteroatoms. The summed E-state index contributed by atoms with van der Waals surface area (Å²) < 4.78 is 174. The lowest BCUT2D eigenvalue weighted by Crippen LogP contribution is -2.40. The summed E-state index contributed by atoms with van der Waals surface area (Å²) in [6, 6.07) is 35.4. The Hall–Kier alpha value is -8.55. The van der Waals surface area contributed by atoms with Gasteiger partial charge in [-0.1, -0.05) is 142 Å². The van der Waals surface area contributed by atoms with E-state index < -0.39 is 87.3 Å². The van der Waals surface area contributed by atoms with E-state index >= 15 is 0 Å². The molecule has 22 nitrogen and oxygen atoms in total. The molecule has 9 fully saturated rings. The van der Waals surface area contributed by atoms with E-state index in [4.69, 9.17) is 54.2 Å². The number of benzene rings is 8. The number of aliphatic hydroxyl groups excluding tert-OH is 6. The van der Waals surface area contributed by atoms with Gasteiger partial charge in [0, 0.05) is 69.5 Å².